The molecule has 0 amide bonds. The Bertz CT molecular complexity index is 379. The van der Waals surface area contributed by atoms with Crippen molar-refractivity contribution in [1.29, 1.82) is 0 Å². The first-order chi connectivity index (χ1) is 8.31. The van der Waals surface area contributed by atoms with Gasteiger partial charge in [-0.2, -0.15) is 0 Å². The first-order valence-corrected chi connectivity index (χ1v) is 5.95. The molecule has 17 heavy (non-hydrogen) atoms. The minimum atomic E-state index is 0.464. The number of nitrogens with one attached hydrogen (secondary N) is 2. The maximum atomic E-state index is 4.34. The Hall–Kier alpha value is -1.62. The summed E-state index contributed by atoms with van der Waals surface area (Å²) < 4.78 is 0. The maximum Gasteiger partial charge on any atom is 0.134 e. The molecule has 0 aromatic carbocycles. The number of nitrogens with zero attached hydrogens (tertiary/aromatic N) is 3. The lowest BCUT2D eigenvalue weighted by Crippen LogP contribution is -2.50. The first-order valence-electron chi connectivity index (χ1n) is 5.95. The Morgan fingerprint density at radius 2 is 2.53 bits per heavy atom. The van der Waals surface area contributed by atoms with Gasteiger partial charge < -0.3 is 15.5 Å². The van der Waals surface area contributed by atoms with Crippen LogP contribution in [0.25, 0.3) is 0 Å². The van der Waals surface area contributed by atoms with Gasteiger partial charge in [0.2, 0.25) is 0 Å². The zero-order chi connectivity index (χ0) is 12.1. The van der Waals surface area contributed by atoms with E-state index in [-0.39, 0.29) is 0 Å². The van der Waals surface area contributed by atoms with Gasteiger partial charge in [-0.05, 0) is 6.92 Å². The lowest BCUT2D eigenvalue weighted by Gasteiger charge is -2.34. The highest BCUT2D eigenvalue weighted by molar-refractivity contribution is 5.49. The lowest BCUT2D eigenvalue weighted by molar-refractivity contribution is 0.497. The van der Waals surface area contributed by atoms with E-state index in [0.29, 0.717) is 12.6 Å². The Morgan fingerprint density at radius 1 is 1.65 bits per heavy atom. The van der Waals surface area contributed by atoms with Crippen molar-refractivity contribution < 1.29 is 0 Å². The van der Waals surface area contributed by atoms with E-state index in [2.05, 4.69) is 39.0 Å². The SMILES string of the molecule is C=CCNc1cc(N2CCNCC2C)ncn1. The molecule has 1 aliphatic rings. The lowest BCUT2D eigenvalue weighted by atomic mass is 10.2. The van der Waals surface area contributed by atoms with Gasteiger partial charge in [-0.15, -0.1) is 6.58 Å². The second-order valence-corrected chi connectivity index (χ2v) is 4.18. The third-order valence-electron chi connectivity index (χ3n) is 2.88. The molecule has 92 valence electrons. The molecule has 1 aromatic heterocycles. The van der Waals surface area contributed by atoms with Crippen molar-refractivity contribution in [2.75, 3.05) is 36.4 Å². The normalized spacial score (nSPS) is 20.1. The quantitative estimate of drug-likeness (QED) is 0.756. The van der Waals surface area contributed by atoms with Crippen molar-refractivity contribution >= 4 is 11.6 Å². The average Bonchev–Trinajstić information content (AvgIpc) is 2.37. The van der Waals surface area contributed by atoms with Gasteiger partial charge in [0.1, 0.15) is 18.0 Å². The van der Waals surface area contributed by atoms with Crippen molar-refractivity contribution in [3.05, 3.63) is 25.0 Å². The van der Waals surface area contributed by atoms with E-state index in [1.807, 2.05) is 12.1 Å². The molecular formula is C12H19N5. The van der Waals surface area contributed by atoms with Crippen molar-refractivity contribution in [2.45, 2.75) is 13.0 Å². The smallest absolute Gasteiger partial charge is 0.134 e. The van der Waals surface area contributed by atoms with E-state index in [1.54, 1.807) is 6.33 Å². The van der Waals surface area contributed by atoms with E-state index in [0.717, 1.165) is 31.3 Å². The summed E-state index contributed by atoms with van der Waals surface area (Å²) in [5.41, 5.74) is 0. The van der Waals surface area contributed by atoms with Crippen LogP contribution < -0.4 is 15.5 Å². The monoisotopic (exact) mass is 233 g/mol. The van der Waals surface area contributed by atoms with Crippen LogP contribution in [-0.2, 0) is 0 Å². The molecule has 2 rings (SSSR count). The highest BCUT2D eigenvalue weighted by Crippen LogP contribution is 2.17. The predicted molar refractivity (Wildman–Crippen MR) is 70.4 cm³/mol. The van der Waals surface area contributed by atoms with Gasteiger partial charge in [0.25, 0.3) is 0 Å². The van der Waals surface area contributed by atoms with Crippen molar-refractivity contribution in [3.8, 4) is 0 Å². The van der Waals surface area contributed by atoms with E-state index in [1.165, 1.54) is 0 Å². The Balaban J connectivity index is 2.11. The zero-order valence-electron chi connectivity index (χ0n) is 10.2. The summed E-state index contributed by atoms with van der Waals surface area (Å²) in [5, 5.41) is 6.55. The fourth-order valence-electron chi connectivity index (χ4n) is 1.96. The van der Waals surface area contributed by atoms with Gasteiger partial charge in [-0.1, -0.05) is 6.08 Å². The highest BCUT2D eigenvalue weighted by Gasteiger charge is 2.19. The van der Waals surface area contributed by atoms with Crippen LogP contribution in [0.3, 0.4) is 0 Å². The molecule has 1 saturated heterocycles. The molecule has 1 atom stereocenters. The molecule has 0 aliphatic carbocycles. The van der Waals surface area contributed by atoms with Gasteiger partial charge in [0, 0.05) is 38.3 Å². The number of piperazine rings is 1. The summed E-state index contributed by atoms with van der Waals surface area (Å²) in [7, 11) is 0. The number of hydrogen-bond acceptors (Lipinski definition) is 5. The molecular weight excluding hydrogens is 214 g/mol. The molecule has 1 aliphatic heterocycles. The molecule has 5 nitrogen and oxygen atoms in total. The molecule has 0 spiro atoms. The Kier molecular flexibility index (Phi) is 3.93. The molecule has 2 N–H and O–H groups in total. The zero-order valence-corrected chi connectivity index (χ0v) is 10.2. The minimum absolute atomic E-state index is 0.464. The second kappa shape index (κ2) is 5.63. The summed E-state index contributed by atoms with van der Waals surface area (Å²) in [4.78, 5) is 10.8. The van der Waals surface area contributed by atoms with Crippen LogP contribution >= 0.6 is 0 Å². The maximum absolute atomic E-state index is 4.34. The van der Waals surface area contributed by atoms with Gasteiger partial charge in [0.15, 0.2) is 0 Å². The highest BCUT2D eigenvalue weighted by atomic mass is 15.3. The number of anilines is 2. The predicted octanol–water partition coefficient (Wildman–Crippen LogP) is 0.873. The standard InChI is InChI=1S/C12H19N5/c1-3-4-14-11-7-12(16-9-15-11)17-6-5-13-8-10(17)2/h3,7,9-10,13H,1,4-6,8H2,2H3,(H,14,15,16). The van der Waals surface area contributed by atoms with Crippen LogP contribution in [0, 0.1) is 0 Å². The molecule has 2 heterocycles. The topological polar surface area (TPSA) is 53.1 Å². The Morgan fingerprint density at radius 3 is 3.29 bits per heavy atom. The fourth-order valence-corrected chi connectivity index (χ4v) is 1.96. The summed E-state index contributed by atoms with van der Waals surface area (Å²) in [6, 6.07) is 2.46. The molecule has 1 aromatic rings. The number of rotatable bonds is 4. The largest absolute Gasteiger partial charge is 0.366 e. The third-order valence-corrected chi connectivity index (χ3v) is 2.88. The Labute approximate surface area is 102 Å². The van der Waals surface area contributed by atoms with Crippen LogP contribution in [0.4, 0.5) is 11.6 Å². The van der Waals surface area contributed by atoms with E-state index >= 15 is 0 Å². The molecule has 0 radical (unpaired) electrons. The molecule has 0 bridgehead atoms. The van der Waals surface area contributed by atoms with Crippen molar-refractivity contribution in [3.63, 3.8) is 0 Å². The summed E-state index contributed by atoms with van der Waals surface area (Å²) in [6.45, 7) is 9.58. The van der Waals surface area contributed by atoms with Crippen LogP contribution in [0.2, 0.25) is 0 Å². The van der Waals surface area contributed by atoms with E-state index < -0.39 is 0 Å². The first kappa shape index (κ1) is 11.9. The van der Waals surface area contributed by atoms with Crippen LogP contribution in [0.1, 0.15) is 6.92 Å². The van der Waals surface area contributed by atoms with Crippen molar-refractivity contribution in [2.24, 2.45) is 0 Å². The average molecular weight is 233 g/mol. The minimum Gasteiger partial charge on any atom is -0.366 e. The molecule has 1 fully saturated rings. The van der Waals surface area contributed by atoms with Gasteiger partial charge in [-0.3, -0.25) is 0 Å². The molecule has 1 unspecified atom stereocenters. The van der Waals surface area contributed by atoms with Crippen LogP contribution in [-0.4, -0.2) is 42.2 Å². The van der Waals surface area contributed by atoms with E-state index in [4.69, 9.17) is 0 Å². The van der Waals surface area contributed by atoms with Gasteiger partial charge >= 0.3 is 0 Å². The van der Waals surface area contributed by atoms with Crippen LogP contribution in [0.15, 0.2) is 25.0 Å². The van der Waals surface area contributed by atoms with Gasteiger partial charge in [0.05, 0.1) is 0 Å². The van der Waals surface area contributed by atoms with Crippen LogP contribution in [0.5, 0.6) is 0 Å². The van der Waals surface area contributed by atoms with E-state index in [9.17, 15) is 0 Å². The number of hydrogen-bond donors (Lipinski definition) is 2. The fraction of sp³-hybridized carbons (Fsp3) is 0.500. The molecule has 0 saturated carbocycles. The number of aromatic nitrogens is 2. The summed E-state index contributed by atoms with van der Waals surface area (Å²) in [5.74, 6) is 1.83. The van der Waals surface area contributed by atoms with Gasteiger partial charge in [-0.25, -0.2) is 9.97 Å². The summed E-state index contributed by atoms with van der Waals surface area (Å²) >= 11 is 0. The second-order valence-electron chi connectivity index (χ2n) is 4.18. The summed E-state index contributed by atoms with van der Waals surface area (Å²) in [6.07, 6.45) is 3.42. The van der Waals surface area contributed by atoms with Crippen molar-refractivity contribution in [1.82, 2.24) is 15.3 Å². The third kappa shape index (κ3) is 2.94. The molecule has 5 heteroatoms.